The van der Waals surface area contributed by atoms with Crippen LogP contribution in [0, 0.1) is 11.8 Å². The molecule has 0 aliphatic carbocycles. The third kappa shape index (κ3) is 1.84. The Morgan fingerprint density at radius 1 is 1.05 bits per heavy atom. The highest BCUT2D eigenvalue weighted by molar-refractivity contribution is 6.04. The van der Waals surface area contributed by atoms with E-state index in [4.69, 9.17) is 4.42 Å². The summed E-state index contributed by atoms with van der Waals surface area (Å²) in [5, 5.41) is 11.5. The monoisotopic (exact) mass is 250 g/mol. The molecule has 0 radical (unpaired) electrons. The minimum Gasteiger partial charge on any atom is -0.508 e. The van der Waals surface area contributed by atoms with Gasteiger partial charge >= 0.3 is 5.63 Å². The first-order valence-corrected chi connectivity index (χ1v) is 5.81. The summed E-state index contributed by atoms with van der Waals surface area (Å²) < 4.78 is 5.20. The van der Waals surface area contributed by atoms with Gasteiger partial charge in [0.25, 0.3) is 0 Å². The second-order valence-electron chi connectivity index (χ2n) is 4.21. The van der Waals surface area contributed by atoms with E-state index in [9.17, 15) is 9.90 Å². The van der Waals surface area contributed by atoms with Gasteiger partial charge < -0.3 is 9.52 Å². The molecule has 0 saturated carbocycles. The molecule has 0 aliphatic heterocycles. The van der Waals surface area contributed by atoms with Gasteiger partial charge in [-0.05, 0) is 37.3 Å². The molecule has 0 amide bonds. The predicted molar refractivity (Wildman–Crippen MR) is 74.2 cm³/mol. The molecular formula is C16H10O3. The van der Waals surface area contributed by atoms with E-state index in [2.05, 4.69) is 11.8 Å². The van der Waals surface area contributed by atoms with Gasteiger partial charge in [-0.3, -0.25) is 0 Å². The lowest BCUT2D eigenvalue weighted by Gasteiger charge is -2.03. The van der Waals surface area contributed by atoms with Crippen LogP contribution in [0.2, 0.25) is 0 Å². The molecule has 2 aromatic carbocycles. The molecule has 19 heavy (non-hydrogen) atoms. The Kier molecular flexibility index (Phi) is 2.50. The van der Waals surface area contributed by atoms with E-state index in [0.29, 0.717) is 11.0 Å². The lowest BCUT2D eigenvalue weighted by molar-refractivity contribution is 0.473. The van der Waals surface area contributed by atoms with Gasteiger partial charge in [-0.15, -0.1) is 5.92 Å². The minimum absolute atomic E-state index is 0.0690. The molecule has 0 spiro atoms. The lowest BCUT2D eigenvalue weighted by atomic mass is 10.0. The number of phenolic OH excluding ortho intramolecular Hbond substituents is 1. The maximum atomic E-state index is 11.9. The van der Waals surface area contributed by atoms with Crippen LogP contribution in [0.3, 0.4) is 0 Å². The molecular weight excluding hydrogens is 240 g/mol. The van der Waals surface area contributed by atoms with Crippen molar-refractivity contribution in [1.82, 2.24) is 0 Å². The van der Waals surface area contributed by atoms with Crippen molar-refractivity contribution in [2.45, 2.75) is 6.92 Å². The number of hydrogen-bond acceptors (Lipinski definition) is 3. The van der Waals surface area contributed by atoms with Gasteiger partial charge in [0.2, 0.25) is 0 Å². The van der Waals surface area contributed by atoms with Gasteiger partial charge in [-0.2, -0.15) is 0 Å². The van der Waals surface area contributed by atoms with Crippen molar-refractivity contribution < 1.29 is 9.52 Å². The maximum absolute atomic E-state index is 11.9. The number of hydrogen-bond donors (Lipinski definition) is 1. The van der Waals surface area contributed by atoms with Crippen LogP contribution in [-0.4, -0.2) is 5.11 Å². The highest BCUT2D eigenvalue weighted by atomic mass is 16.4. The fourth-order valence-electron chi connectivity index (χ4n) is 2.14. The average Bonchev–Trinajstić information content (AvgIpc) is 2.38. The minimum atomic E-state index is -0.413. The SMILES string of the molecule is CC#Cc1ccc2c(=O)oc3cc(O)ccc3c2c1. The molecule has 1 aromatic heterocycles. The summed E-state index contributed by atoms with van der Waals surface area (Å²) in [5.41, 5.74) is 0.804. The lowest BCUT2D eigenvalue weighted by Crippen LogP contribution is -1.99. The topological polar surface area (TPSA) is 50.4 Å². The summed E-state index contributed by atoms with van der Waals surface area (Å²) >= 11 is 0. The van der Waals surface area contributed by atoms with Crippen LogP contribution in [0.1, 0.15) is 12.5 Å². The zero-order valence-electron chi connectivity index (χ0n) is 10.2. The van der Waals surface area contributed by atoms with Crippen LogP contribution < -0.4 is 5.63 Å². The van der Waals surface area contributed by atoms with Gasteiger partial charge in [0.05, 0.1) is 5.39 Å². The van der Waals surface area contributed by atoms with Crippen LogP contribution in [0.15, 0.2) is 45.6 Å². The Balaban J connectivity index is 2.52. The Labute approximate surface area is 109 Å². The van der Waals surface area contributed by atoms with E-state index < -0.39 is 5.63 Å². The molecule has 0 bridgehead atoms. The van der Waals surface area contributed by atoms with Crippen LogP contribution >= 0.6 is 0 Å². The van der Waals surface area contributed by atoms with E-state index in [0.717, 1.165) is 16.3 Å². The largest absolute Gasteiger partial charge is 0.508 e. The summed E-state index contributed by atoms with van der Waals surface area (Å²) in [7, 11) is 0. The van der Waals surface area contributed by atoms with Gasteiger partial charge in [0.1, 0.15) is 11.3 Å². The number of rotatable bonds is 0. The zero-order valence-corrected chi connectivity index (χ0v) is 10.2. The van der Waals surface area contributed by atoms with Crippen LogP contribution in [0.5, 0.6) is 5.75 Å². The van der Waals surface area contributed by atoms with Crippen molar-refractivity contribution in [2.24, 2.45) is 0 Å². The predicted octanol–water partition coefficient (Wildman–Crippen LogP) is 3.02. The Morgan fingerprint density at radius 3 is 2.63 bits per heavy atom. The standard InChI is InChI=1S/C16H10O3/c1-2-3-10-4-6-13-14(8-10)12-7-5-11(17)9-15(12)19-16(13)18/h4-9,17H,1H3. The molecule has 3 aromatic rings. The Hall–Kier alpha value is -2.73. The molecule has 0 fully saturated rings. The van der Waals surface area contributed by atoms with Crippen LogP contribution in [-0.2, 0) is 0 Å². The van der Waals surface area contributed by atoms with E-state index in [1.165, 1.54) is 6.07 Å². The number of fused-ring (bicyclic) bond motifs is 3. The summed E-state index contributed by atoms with van der Waals surface area (Å²) in [4.78, 5) is 11.9. The second-order valence-corrected chi connectivity index (χ2v) is 4.21. The molecule has 3 heteroatoms. The molecule has 3 rings (SSSR count). The fourth-order valence-corrected chi connectivity index (χ4v) is 2.14. The highest BCUT2D eigenvalue weighted by Gasteiger charge is 2.08. The first kappa shape index (κ1) is 11.4. The normalized spacial score (nSPS) is 10.4. The second kappa shape index (κ2) is 4.18. The fraction of sp³-hybridized carbons (Fsp3) is 0.0625. The number of aromatic hydroxyl groups is 1. The van der Waals surface area contributed by atoms with Crippen molar-refractivity contribution in [1.29, 1.82) is 0 Å². The van der Waals surface area contributed by atoms with Crippen molar-refractivity contribution in [2.75, 3.05) is 0 Å². The van der Waals surface area contributed by atoms with Crippen LogP contribution in [0.25, 0.3) is 21.7 Å². The molecule has 92 valence electrons. The first-order valence-electron chi connectivity index (χ1n) is 5.81. The van der Waals surface area contributed by atoms with Gasteiger partial charge in [0.15, 0.2) is 0 Å². The molecule has 0 unspecified atom stereocenters. The molecule has 1 N–H and O–H groups in total. The Bertz CT molecular complexity index is 908. The molecule has 0 aliphatic rings. The smallest absolute Gasteiger partial charge is 0.344 e. The number of benzene rings is 2. The van der Waals surface area contributed by atoms with Crippen molar-refractivity contribution in [3.8, 4) is 17.6 Å². The average molecular weight is 250 g/mol. The summed E-state index contributed by atoms with van der Waals surface area (Å²) in [6.07, 6.45) is 0. The van der Waals surface area contributed by atoms with E-state index >= 15 is 0 Å². The summed E-state index contributed by atoms with van der Waals surface area (Å²) in [6.45, 7) is 1.76. The molecule has 0 saturated heterocycles. The van der Waals surface area contributed by atoms with Crippen molar-refractivity contribution in [3.05, 3.63) is 52.4 Å². The third-order valence-corrected chi connectivity index (χ3v) is 2.97. The highest BCUT2D eigenvalue weighted by Crippen LogP contribution is 2.26. The van der Waals surface area contributed by atoms with E-state index in [1.54, 1.807) is 31.2 Å². The van der Waals surface area contributed by atoms with E-state index in [-0.39, 0.29) is 5.75 Å². The van der Waals surface area contributed by atoms with Crippen molar-refractivity contribution in [3.63, 3.8) is 0 Å². The van der Waals surface area contributed by atoms with Gasteiger partial charge in [-0.1, -0.05) is 5.92 Å². The molecule has 1 heterocycles. The quantitative estimate of drug-likeness (QED) is 0.379. The van der Waals surface area contributed by atoms with Gasteiger partial charge in [-0.25, -0.2) is 4.79 Å². The zero-order chi connectivity index (χ0) is 13.4. The first-order chi connectivity index (χ1) is 9.19. The Morgan fingerprint density at radius 2 is 1.84 bits per heavy atom. The van der Waals surface area contributed by atoms with Crippen molar-refractivity contribution >= 4 is 21.7 Å². The maximum Gasteiger partial charge on any atom is 0.344 e. The molecule has 3 nitrogen and oxygen atoms in total. The number of phenols is 1. The van der Waals surface area contributed by atoms with Gasteiger partial charge in [0, 0.05) is 22.4 Å². The molecule has 0 atom stereocenters. The van der Waals surface area contributed by atoms with Crippen LogP contribution in [0.4, 0.5) is 0 Å². The summed E-state index contributed by atoms with van der Waals surface area (Å²) in [6, 6.07) is 10.1. The summed E-state index contributed by atoms with van der Waals surface area (Å²) in [5.74, 6) is 5.86. The van der Waals surface area contributed by atoms with E-state index in [1.807, 2.05) is 6.07 Å². The third-order valence-electron chi connectivity index (χ3n) is 2.97.